The Balaban J connectivity index is 1.65. The first kappa shape index (κ1) is 21.6. The van der Waals surface area contributed by atoms with Crippen LogP contribution in [0.2, 0.25) is 0 Å². The molecule has 9 heteroatoms. The van der Waals surface area contributed by atoms with E-state index in [2.05, 4.69) is 15.5 Å². The van der Waals surface area contributed by atoms with E-state index in [1.807, 2.05) is 32.2 Å². The SMILES string of the molecule is COc1cccc(OC(C)c2nnc(SC(C)C(=O)Nc3ccccc3F)n2C)c1. The van der Waals surface area contributed by atoms with Crippen LogP contribution in [0.4, 0.5) is 10.1 Å². The van der Waals surface area contributed by atoms with Gasteiger partial charge in [-0.15, -0.1) is 10.2 Å². The number of thioether (sulfide) groups is 1. The minimum atomic E-state index is -0.505. The molecular formula is C21H23FN4O3S. The highest BCUT2D eigenvalue weighted by Gasteiger charge is 2.22. The molecule has 3 rings (SSSR count). The third-order valence-corrected chi connectivity index (χ3v) is 5.50. The lowest BCUT2D eigenvalue weighted by atomic mass is 10.3. The largest absolute Gasteiger partial charge is 0.497 e. The van der Waals surface area contributed by atoms with Gasteiger partial charge in [0.2, 0.25) is 5.91 Å². The van der Waals surface area contributed by atoms with Gasteiger partial charge in [0.1, 0.15) is 17.3 Å². The van der Waals surface area contributed by atoms with Gasteiger partial charge in [0.15, 0.2) is 17.1 Å². The molecule has 0 radical (unpaired) electrons. The number of para-hydroxylation sites is 1. The Morgan fingerprint density at radius 2 is 1.87 bits per heavy atom. The molecule has 1 amide bonds. The van der Waals surface area contributed by atoms with E-state index in [0.29, 0.717) is 22.5 Å². The average Bonchev–Trinajstić information content (AvgIpc) is 3.10. The summed E-state index contributed by atoms with van der Waals surface area (Å²) in [5.74, 6) is 1.16. The molecule has 0 aliphatic heterocycles. The summed E-state index contributed by atoms with van der Waals surface area (Å²) in [7, 11) is 3.41. The number of benzene rings is 2. The monoisotopic (exact) mass is 430 g/mol. The molecule has 1 aromatic heterocycles. The average molecular weight is 431 g/mol. The van der Waals surface area contributed by atoms with Gasteiger partial charge < -0.3 is 19.4 Å². The number of carbonyl (C=O) groups is 1. The zero-order chi connectivity index (χ0) is 21.7. The van der Waals surface area contributed by atoms with Crippen LogP contribution in [-0.4, -0.2) is 33.0 Å². The van der Waals surface area contributed by atoms with Gasteiger partial charge in [-0.2, -0.15) is 0 Å². The van der Waals surface area contributed by atoms with E-state index in [9.17, 15) is 9.18 Å². The van der Waals surface area contributed by atoms with Gasteiger partial charge >= 0.3 is 0 Å². The number of aromatic nitrogens is 3. The number of carbonyl (C=O) groups excluding carboxylic acids is 1. The molecule has 30 heavy (non-hydrogen) atoms. The van der Waals surface area contributed by atoms with E-state index >= 15 is 0 Å². The van der Waals surface area contributed by atoms with E-state index < -0.39 is 11.1 Å². The molecule has 2 aromatic carbocycles. The van der Waals surface area contributed by atoms with Crippen molar-refractivity contribution in [1.29, 1.82) is 0 Å². The van der Waals surface area contributed by atoms with Crippen LogP contribution in [0.1, 0.15) is 25.8 Å². The fourth-order valence-electron chi connectivity index (χ4n) is 2.72. The first-order chi connectivity index (χ1) is 14.4. The molecule has 3 aromatic rings. The van der Waals surface area contributed by atoms with Crippen LogP contribution in [0.3, 0.4) is 0 Å². The second-order valence-corrected chi connectivity index (χ2v) is 7.88. The normalized spacial score (nSPS) is 12.8. The molecule has 158 valence electrons. The van der Waals surface area contributed by atoms with Gasteiger partial charge in [0.25, 0.3) is 0 Å². The third kappa shape index (κ3) is 5.10. The smallest absolute Gasteiger partial charge is 0.237 e. The Labute approximate surface area is 178 Å². The lowest BCUT2D eigenvalue weighted by molar-refractivity contribution is -0.115. The van der Waals surface area contributed by atoms with E-state index in [-0.39, 0.29) is 17.7 Å². The van der Waals surface area contributed by atoms with Crippen LogP contribution in [0, 0.1) is 5.82 Å². The molecule has 7 nitrogen and oxygen atoms in total. The van der Waals surface area contributed by atoms with Crippen LogP contribution in [-0.2, 0) is 11.8 Å². The Kier molecular flexibility index (Phi) is 6.94. The van der Waals surface area contributed by atoms with Crippen LogP contribution < -0.4 is 14.8 Å². The van der Waals surface area contributed by atoms with Crippen LogP contribution in [0.25, 0.3) is 0 Å². The Hall–Kier alpha value is -3.07. The maximum absolute atomic E-state index is 13.8. The molecular weight excluding hydrogens is 407 g/mol. The van der Waals surface area contributed by atoms with Gasteiger partial charge in [-0.25, -0.2) is 4.39 Å². The van der Waals surface area contributed by atoms with Crippen molar-refractivity contribution in [2.75, 3.05) is 12.4 Å². The highest BCUT2D eigenvalue weighted by molar-refractivity contribution is 8.00. The van der Waals surface area contributed by atoms with Crippen molar-refractivity contribution in [3.8, 4) is 11.5 Å². The Morgan fingerprint density at radius 1 is 1.13 bits per heavy atom. The summed E-state index contributed by atoms with van der Waals surface area (Å²) >= 11 is 1.23. The predicted molar refractivity (Wildman–Crippen MR) is 113 cm³/mol. The summed E-state index contributed by atoms with van der Waals surface area (Å²) in [4.78, 5) is 12.4. The molecule has 0 aliphatic rings. The van der Waals surface area contributed by atoms with Crippen molar-refractivity contribution < 1.29 is 18.7 Å². The first-order valence-corrected chi connectivity index (χ1v) is 10.2. The van der Waals surface area contributed by atoms with Crippen LogP contribution in [0.15, 0.2) is 53.7 Å². The summed E-state index contributed by atoms with van der Waals surface area (Å²) in [6, 6.07) is 13.3. The number of nitrogens with zero attached hydrogens (tertiary/aromatic N) is 3. The molecule has 0 fully saturated rings. The van der Waals surface area contributed by atoms with Gasteiger partial charge in [-0.3, -0.25) is 4.79 Å². The predicted octanol–water partition coefficient (Wildman–Crippen LogP) is 4.22. The second-order valence-electron chi connectivity index (χ2n) is 6.57. The zero-order valence-electron chi connectivity index (χ0n) is 17.1. The molecule has 2 unspecified atom stereocenters. The van der Waals surface area contributed by atoms with E-state index in [4.69, 9.17) is 9.47 Å². The topological polar surface area (TPSA) is 78.3 Å². The fourth-order valence-corrected chi connectivity index (χ4v) is 3.54. The van der Waals surface area contributed by atoms with Crippen molar-refractivity contribution in [2.45, 2.75) is 30.4 Å². The standard InChI is InChI=1S/C21H23FN4O3S/c1-13(29-16-9-7-8-15(12-16)28-4)19-24-25-21(26(19)3)30-14(2)20(27)23-18-11-6-5-10-17(18)22/h5-14H,1-4H3,(H,23,27). The van der Waals surface area contributed by atoms with Gasteiger partial charge in [-0.05, 0) is 38.1 Å². The van der Waals surface area contributed by atoms with Crippen molar-refractivity contribution in [3.05, 3.63) is 60.2 Å². The Morgan fingerprint density at radius 3 is 2.60 bits per heavy atom. The number of ether oxygens (including phenoxy) is 2. The number of rotatable bonds is 8. The summed E-state index contributed by atoms with van der Waals surface area (Å²) in [5, 5.41) is 11.0. The molecule has 2 atom stereocenters. The number of amides is 1. The summed E-state index contributed by atoms with van der Waals surface area (Å²) in [6.07, 6.45) is -0.369. The number of anilines is 1. The quantitative estimate of drug-likeness (QED) is 0.539. The molecule has 1 N–H and O–H groups in total. The molecule has 0 bridgehead atoms. The summed E-state index contributed by atoms with van der Waals surface area (Å²) < 4.78 is 26.7. The summed E-state index contributed by atoms with van der Waals surface area (Å²) in [6.45, 7) is 3.59. The number of halogens is 1. The van der Waals surface area contributed by atoms with Gasteiger partial charge in [-0.1, -0.05) is 30.0 Å². The van der Waals surface area contributed by atoms with Crippen molar-refractivity contribution >= 4 is 23.4 Å². The number of nitrogens with one attached hydrogen (secondary N) is 1. The lowest BCUT2D eigenvalue weighted by Gasteiger charge is -2.15. The number of hydrogen-bond acceptors (Lipinski definition) is 6. The second kappa shape index (κ2) is 9.62. The minimum Gasteiger partial charge on any atom is -0.497 e. The van der Waals surface area contributed by atoms with Crippen molar-refractivity contribution in [2.24, 2.45) is 7.05 Å². The molecule has 1 heterocycles. The maximum Gasteiger partial charge on any atom is 0.237 e. The van der Waals surface area contributed by atoms with E-state index in [0.717, 1.165) is 0 Å². The highest BCUT2D eigenvalue weighted by Crippen LogP contribution is 2.28. The number of hydrogen-bond donors (Lipinski definition) is 1. The lowest BCUT2D eigenvalue weighted by Crippen LogP contribution is -2.23. The van der Waals surface area contributed by atoms with E-state index in [1.54, 1.807) is 36.8 Å². The number of methoxy groups -OCH3 is 1. The van der Waals surface area contributed by atoms with Crippen molar-refractivity contribution in [1.82, 2.24) is 14.8 Å². The minimum absolute atomic E-state index is 0.147. The molecule has 0 aliphatic carbocycles. The maximum atomic E-state index is 13.8. The van der Waals surface area contributed by atoms with Gasteiger partial charge in [0.05, 0.1) is 18.0 Å². The first-order valence-electron chi connectivity index (χ1n) is 9.31. The molecule has 0 saturated heterocycles. The Bertz CT molecular complexity index is 1030. The highest BCUT2D eigenvalue weighted by atomic mass is 32.2. The van der Waals surface area contributed by atoms with Crippen LogP contribution in [0.5, 0.6) is 11.5 Å². The molecule has 0 saturated carbocycles. The van der Waals surface area contributed by atoms with Gasteiger partial charge in [0, 0.05) is 13.1 Å². The van der Waals surface area contributed by atoms with Crippen LogP contribution >= 0.6 is 11.8 Å². The third-order valence-electron chi connectivity index (χ3n) is 4.37. The summed E-state index contributed by atoms with van der Waals surface area (Å²) in [5.41, 5.74) is 0.147. The fraction of sp³-hybridized carbons (Fsp3) is 0.286. The zero-order valence-corrected chi connectivity index (χ0v) is 17.9. The van der Waals surface area contributed by atoms with Crippen molar-refractivity contribution in [3.63, 3.8) is 0 Å². The molecule has 0 spiro atoms. The van der Waals surface area contributed by atoms with E-state index in [1.165, 1.54) is 23.9 Å².